The fraction of sp³-hybridized carbons (Fsp3) is 0.636. The van der Waals surface area contributed by atoms with Crippen LogP contribution in [0.4, 0.5) is 0 Å². The number of aromatic nitrogens is 2. The van der Waals surface area contributed by atoms with Gasteiger partial charge in [-0.3, -0.25) is 4.79 Å². The van der Waals surface area contributed by atoms with Gasteiger partial charge in [-0.15, -0.1) is 0 Å². The minimum atomic E-state index is 0.143. The Hall–Kier alpha value is -1.36. The summed E-state index contributed by atoms with van der Waals surface area (Å²) in [6.45, 7) is 3.54. The Balaban J connectivity index is 1.79. The standard InChI is InChI=1S/C11H18N4O/c1-8-6-9(2-3-12-8)11(16)15-7-10-13-4-5-14-10/h4-5,8-9,12H,2-3,6-7H2,1H3,(H,13,14)(H,15,16). The Morgan fingerprint density at radius 3 is 3.25 bits per heavy atom. The summed E-state index contributed by atoms with van der Waals surface area (Å²) in [6, 6.07) is 0.438. The van der Waals surface area contributed by atoms with Crippen molar-refractivity contribution in [2.24, 2.45) is 5.92 Å². The molecule has 5 nitrogen and oxygen atoms in total. The van der Waals surface area contributed by atoms with Gasteiger partial charge in [-0.1, -0.05) is 0 Å². The molecule has 0 radical (unpaired) electrons. The van der Waals surface area contributed by atoms with Crippen LogP contribution in [0.3, 0.4) is 0 Å². The van der Waals surface area contributed by atoms with Crippen molar-refractivity contribution in [1.82, 2.24) is 20.6 Å². The van der Waals surface area contributed by atoms with E-state index >= 15 is 0 Å². The molecule has 2 unspecified atom stereocenters. The number of H-pyrrole nitrogens is 1. The first-order valence-corrected chi connectivity index (χ1v) is 5.75. The maximum Gasteiger partial charge on any atom is 0.223 e. The van der Waals surface area contributed by atoms with Crippen LogP contribution in [0, 0.1) is 5.92 Å². The smallest absolute Gasteiger partial charge is 0.223 e. The summed E-state index contributed by atoms with van der Waals surface area (Å²) < 4.78 is 0. The third-order valence-electron chi connectivity index (χ3n) is 2.98. The number of carbonyl (C=O) groups excluding carboxylic acids is 1. The summed E-state index contributed by atoms with van der Waals surface area (Å²) in [5, 5.41) is 6.25. The van der Waals surface area contributed by atoms with Crippen LogP contribution in [0.1, 0.15) is 25.6 Å². The zero-order chi connectivity index (χ0) is 11.4. The Morgan fingerprint density at radius 1 is 1.69 bits per heavy atom. The van der Waals surface area contributed by atoms with Crippen molar-refractivity contribution in [1.29, 1.82) is 0 Å². The van der Waals surface area contributed by atoms with E-state index in [4.69, 9.17) is 0 Å². The fourth-order valence-electron chi connectivity index (χ4n) is 2.08. The third-order valence-corrected chi connectivity index (χ3v) is 2.98. The summed E-state index contributed by atoms with van der Waals surface area (Å²) in [6.07, 6.45) is 5.29. The quantitative estimate of drug-likeness (QED) is 0.694. The van der Waals surface area contributed by atoms with E-state index in [1.54, 1.807) is 12.4 Å². The largest absolute Gasteiger partial charge is 0.349 e. The van der Waals surface area contributed by atoms with Crippen molar-refractivity contribution in [2.45, 2.75) is 32.4 Å². The van der Waals surface area contributed by atoms with Crippen molar-refractivity contribution in [3.8, 4) is 0 Å². The number of hydrogen-bond donors (Lipinski definition) is 3. The number of imidazole rings is 1. The van der Waals surface area contributed by atoms with Crippen LogP contribution in [-0.2, 0) is 11.3 Å². The molecule has 0 saturated carbocycles. The molecule has 0 bridgehead atoms. The zero-order valence-corrected chi connectivity index (χ0v) is 9.49. The van der Waals surface area contributed by atoms with Gasteiger partial charge >= 0.3 is 0 Å². The highest BCUT2D eigenvalue weighted by Gasteiger charge is 2.24. The highest BCUT2D eigenvalue weighted by Crippen LogP contribution is 2.15. The zero-order valence-electron chi connectivity index (χ0n) is 9.49. The minimum absolute atomic E-state index is 0.143. The Bertz CT molecular complexity index is 336. The second-order valence-electron chi connectivity index (χ2n) is 4.33. The molecule has 2 atom stereocenters. The molecule has 1 aliphatic heterocycles. The first kappa shape index (κ1) is 11.1. The molecule has 1 aliphatic rings. The van der Waals surface area contributed by atoms with Gasteiger partial charge in [0.1, 0.15) is 5.82 Å². The van der Waals surface area contributed by atoms with Gasteiger partial charge in [-0.2, -0.15) is 0 Å². The van der Waals surface area contributed by atoms with E-state index in [9.17, 15) is 4.79 Å². The fourth-order valence-corrected chi connectivity index (χ4v) is 2.08. The Kier molecular flexibility index (Phi) is 3.56. The number of piperidine rings is 1. The molecule has 1 aromatic heterocycles. The molecule has 16 heavy (non-hydrogen) atoms. The van der Waals surface area contributed by atoms with Gasteiger partial charge in [-0.25, -0.2) is 4.98 Å². The van der Waals surface area contributed by atoms with E-state index in [1.807, 2.05) is 0 Å². The highest BCUT2D eigenvalue weighted by atomic mass is 16.1. The van der Waals surface area contributed by atoms with Crippen LogP contribution in [-0.4, -0.2) is 28.5 Å². The molecule has 2 heterocycles. The second-order valence-corrected chi connectivity index (χ2v) is 4.33. The lowest BCUT2D eigenvalue weighted by Crippen LogP contribution is -2.42. The van der Waals surface area contributed by atoms with Crippen LogP contribution < -0.4 is 10.6 Å². The summed E-state index contributed by atoms with van der Waals surface area (Å²) in [5.41, 5.74) is 0. The van der Waals surface area contributed by atoms with Gasteiger partial charge in [0.25, 0.3) is 0 Å². The maximum atomic E-state index is 11.9. The Morgan fingerprint density at radius 2 is 2.56 bits per heavy atom. The van der Waals surface area contributed by atoms with E-state index in [1.165, 1.54) is 0 Å². The summed E-state index contributed by atoms with van der Waals surface area (Å²) in [7, 11) is 0. The third kappa shape index (κ3) is 2.82. The van der Waals surface area contributed by atoms with Crippen molar-refractivity contribution in [3.63, 3.8) is 0 Å². The monoisotopic (exact) mass is 222 g/mol. The Labute approximate surface area is 95.0 Å². The first-order valence-electron chi connectivity index (χ1n) is 5.75. The molecule has 5 heteroatoms. The van der Waals surface area contributed by atoms with Gasteiger partial charge in [-0.05, 0) is 26.3 Å². The molecular weight excluding hydrogens is 204 g/mol. The van der Waals surface area contributed by atoms with Crippen LogP contribution in [0.5, 0.6) is 0 Å². The highest BCUT2D eigenvalue weighted by molar-refractivity contribution is 5.78. The lowest BCUT2D eigenvalue weighted by atomic mass is 9.92. The average molecular weight is 222 g/mol. The van der Waals surface area contributed by atoms with Crippen LogP contribution in [0.25, 0.3) is 0 Å². The molecule has 88 valence electrons. The lowest BCUT2D eigenvalue weighted by molar-refractivity contribution is -0.126. The van der Waals surface area contributed by atoms with Crippen molar-refractivity contribution >= 4 is 5.91 Å². The molecule has 0 aromatic carbocycles. The number of nitrogens with one attached hydrogen (secondary N) is 3. The number of carbonyl (C=O) groups is 1. The molecule has 3 N–H and O–H groups in total. The molecule has 2 rings (SSSR count). The number of amides is 1. The van der Waals surface area contributed by atoms with Crippen molar-refractivity contribution in [2.75, 3.05) is 6.54 Å². The molecule has 1 aromatic rings. The summed E-state index contributed by atoms with van der Waals surface area (Å²) >= 11 is 0. The van der Waals surface area contributed by atoms with Gasteiger partial charge < -0.3 is 15.6 Å². The topological polar surface area (TPSA) is 69.8 Å². The van der Waals surface area contributed by atoms with E-state index in [2.05, 4.69) is 27.5 Å². The van der Waals surface area contributed by atoms with Gasteiger partial charge in [0.15, 0.2) is 0 Å². The number of nitrogens with zero attached hydrogens (tertiary/aromatic N) is 1. The predicted octanol–water partition coefficient (Wildman–Crippen LogP) is 0.414. The van der Waals surface area contributed by atoms with E-state index in [0.717, 1.165) is 25.2 Å². The second kappa shape index (κ2) is 5.12. The normalized spacial score (nSPS) is 25.3. The predicted molar refractivity (Wildman–Crippen MR) is 60.6 cm³/mol. The SMILES string of the molecule is CC1CC(C(=O)NCc2ncc[nH]2)CCN1. The molecule has 1 fully saturated rings. The number of rotatable bonds is 3. The minimum Gasteiger partial charge on any atom is -0.349 e. The van der Waals surface area contributed by atoms with Crippen molar-refractivity contribution < 1.29 is 4.79 Å². The molecule has 0 aliphatic carbocycles. The van der Waals surface area contributed by atoms with Crippen molar-refractivity contribution in [3.05, 3.63) is 18.2 Å². The van der Waals surface area contributed by atoms with Crippen LogP contribution >= 0.6 is 0 Å². The molecule has 0 spiro atoms. The lowest BCUT2D eigenvalue weighted by Gasteiger charge is -2.26. The average Bonchev–Trinajstić information content (AvgIpc) is 2.78. The van der Waals surface area contributed by atoms with Crippen LogP contribution in [0.15, 0.2) is 12.4 Å². The van der Waals surface area contributed by atoms with Crippen LogP contribution in [0.2, 0.25) is 0 Å². The number of hydrogen-bond acceptors (Lipinski definition) is 3. The van der Waals surface area contributed by atoms with E-state index < -0.39 is 0 Å². The number of aromatic amines is 1. The van der Waals surface area contributed by atoms with Gasteiger partial charge in [0.2, 0.25) is 5.91 Å². The summed E-state index contributed by atoms with van der Waals surface area (Å²) in [5.74, 6) is 1.09. The van der Waals surface area contributed by atoms with Gasteiger partial charge in [0.05, 0.1) is 6.54 Å². The molecule has 1 amide bonds. The summed E-state index contributed by atoms with van der Waals surface area (Å²) in [4.78, 5) is 18.9. The molecular formula is C11H18N4O. The van der Waals surface area contributed by atoms with E-state index in [-0.39, 0.29) is 11.8 Å². The first-order chi connectivity index (χ1) is 7.75. The van der Waals surface area contributed by atoms with Gasteiger partial charge in [0, 0.05) is 24.4 Å². The maximum absolute atomic E-state index is 11.9. The molecule has 1 saturated heterocycles. The van der Waals surface area contributed by atoms with E-state index in [0.29, 0.717) is 12.6 Å².